The zero-order valence-electron chi connectivity index (χ0n) is 11.6. The van der Waals surface area contributed by atoms with Crippen LogP contribution in [0.1, 0.15) is 13.3 Å². The van der Waals surface area contributed by atoms with Gasteiger partial charge in [-0.05, 0) is 12.1 Å². The van der Waals surface area contributed by atoms with Gasteiger partial charge in [0, 0.05) is 37.2 Å². The van der Waals surface area contributed by atoms with Crippen molar-refractivity contribution in [3.8, 4) is 11.5 Å². The van der Waals surface area contributed by atoms with E-state index in [1.165, 1.54) is 0 Å². The Balaban J connectivity index is 2.19. The van der Waals surface area contributed by atoms with E-state index >= 15 is 0 Å². The first-order valence-electron chi connectivity index (χ1n) is 6.37. The molecule has 1 aromatic rings. The van der Waals surface area contributed by atoms with E-state index in [-0.39, 0.29) is 5.92 Å². The second kappa shape index (κ2) is 5.82. The van der Waals surface area contributed by atoms with E-state index < -0.39 is 0 Å². The van der Waals surface area contributed by atoms with Crippen LogP contribution in [0.4, 0.5) is 5.69 Å². The molecule has 1 unspecified atom stereocenters. The van der Waals surface area contributed by atoms with E-state index in [0.717, 1.165) is 42.4 Å². The molecule has 5 heteroatoms. The maximum Gasteiger partial charge on any atom is 0.162 e. The fraction of sp³-hybridized carbons (Fsp3) is 0.500. The Bertz CT molecular complexity index is 474. The molecule has 2 rings (SSSR count). The average molecular weight is 264 g/mol. The molecule has 0 saturated carbocycles. The average Bonchev–Trinajstić information content (AvgIpc) is 2.46. The first kappa shape index (κ1) is 13.5. The van der Waals surface area contributed by atoms with Crippen molar-refractivity contribution in [3.63, 3.8) is 0 Å². The molecule has 0 radical (unpaired) electrons. The molecule has 104 valence electrons. The second-order valence-corrected chi connectivity index (χ2v) is 4.73. The third-order valence-corrected chi connectivity index (χ3v) is 3.56. The molecule has 1 atom stereocenters. The van der Waals surface area contributed by atoms with Crippen molar-refractivity contribution in [1.29, 1.82) is 0 Å². The van der Waals surface area contributed by atoms with Gasteiger partial charge in [0.15, 0.2) is 11.5 Å². The summed E-state index contributed by atoms with van der Waals surface area (Å²) in [6.45, 7) is 3.76. The molecule has 0 aromatic heterocycles. The van der Waals surface area contributed by atoms with Crippen molar-refractivity contribution < 1.29 is 14.7 Å². The number of ether oxygens (including phenoxy) is 2. The minimum Gasteiger partial charge on any atom is -0.493 e. The predicted molar refractivity (Wildman–Crippen MR) is 74.8 cm³/mol. The fourth-order valence-electron chi connectivity index (χ4n) is 2.43. The molecule has 0 bridgehead atoms. The van der Waals surface area contributed by atoms with Gasteiger partial charge >= 0.3 is 0 Å². The summed E-state index contributed by atoms with van der Waals surface area (Å²) in [5.41, 5.74) is 1.97. The number of benzene rings is 1. The van der Waals surface area contributed by atoms with Gasteiger partial charge in [-0.15, -0.1) is 0 Å². The molecule has 1 N–H and O–H groups in total. The molecule has 1 aromatic carbocycles. The first-order valence-corrected chi connectivity index (χ1v) is 6.37. The van der Waals surface area contributed by atoms with E-state index in [4.69, 9.17) is 14.7 Å². The number of piperidine rings is 1. The van der Waals surface area contributed by atoms with Crippen LogP contribution >= 0.6 is 0 Å². The fourth-order valence-corrected chi connectivity index (χ4v) is 2.43. The summed E-state index contributed by atoms with van der Waals surface area (Å²) in [5.74, 6) is 1.72. The maximum atomic E-state index is 8.90. The molecule has 1 heterocycles. The SMILES string of the molecule is COc1ccc(N2CC/C(=N/O)C(C)C2)cc1OC. The van der Waals surface area contributed by atoms with Crippen molar-refractivity contribution in [2.24, 2.45) is 11.1 Å². The van der Waals surface area contributed by atoms with Gasteiger partial charge in [0.2, 0.25) is 0 Å². The van der Waals surface area contributed by atoms with Crippen molar-refractivity contribution in [2.75, 3.05) is 32.2 Å². The topological polar surface area (TPSA) is 54.3 Å². The van der Waals surface area contributed by atoms with Crippen LogP contribution in [0.5, 0.6) is 11.5 Å². The molecule has 5 nitrogen and oxygen atoms in total. The van der Waals surface area contributed by atoms with Gasteiger partial charge in [-0.3, -0.25) is 0 Å². The molecule has 0 amide bonds. The van der Waals surface area contributed by atoms with Crippen LogP contribution in [-0.4, -0.2) is 38.2 Å². The number of nitrogens with zero attached hydrogens (tertiary/aromatic N) is 2. The highest BCUT2D eigenvalue weighted by Gasteiger charge is 2.23. The Hall–Kier alpha value is -1.91. The lowest BCUT2D eigenvalue weighted by Crippen LogP contribution is -2.39. The van der Waals surface area contributed by atoms with Crippen molar-refractivity contribution in [1.82, 2.24) is 0 Å². The summed E-state index contributed by atoms with van der Waals surface area (Å²) in [5, 5.41) is 12.3. The van der Waals surface area contributed by atoms with E-state index in [1.807, 2.05) is 18.2 Å². The van der Waals surface area contributed by atoms with E-state index in [0.29, 0.717) is 0 Å². The normalized spacial score (nSPS) is 21.5. The van der Waals surface area contributed by atoms with Crippen LogP contribution in [0.3, 0.4) is 0 Å². The number of anilines is 1. The predicted octanol–water partition coefficient (Wildman–Crippen LogP) is 2.38. The first-order chi connectivity index (χ1) is 9.19. The minimum absolute atomic E-state index is 0.256. The van der Waals surface area contributed by atoms with Crippen LogP contribution < -0.4 is 14.4 Å². The van der Waals surface area contributed by atoms with Crippen molar-refractivity contribution in [2.45, 2.75) is 13.3 Å². The van der Waals surface area contributed by atoms with Crippen molar-refractivity contribution in [3.05, 3.63) is 18.2 Å². The summed E-state index contributed by atoms with van der Waals surface area (Å²) < 4.78 is 10.6. The summed E-state index contributed by atoms with van der Waals surface area (Å²) in [4.78, 5) is 2.27. The smallest absolute Gasteiger partial charge is 0.162 e. The Morgan fingerprint density at radius 3 is 2.58 bits per heavy atom. The van der Waals surface area contributed by atoms with Gasteiger partial charge in [0.25, 0.3) is 0 Å². The highest BCUT2D eigenvalue weighted by molar-refractivity contribution is 5.88. The second-order valence-electron chi connectivity index (χ2n) is 4.73. The Morgan fingerprint density at radius 1 is 1.26 bits per heavy atom. The summed E-state index contributed by atoms with van der Waals surface area (Å²) in [6.07, 6.45) is 0.784. The molecule has 1 aliphatic rings. The Morgan fingerprint density at radius 2 is 2.00 bits per heavy atom. The summed E-state index contributed by atoms with van der Waals surface area (Å²) in [7, 11) is 3.27. The van der Waals surface area contributed by atoms with Crippen LogP contribution in [0.25, 0.3) is 0 Å². The van der Waals surface area contributed by atoms with Crippen molar-refractivity contribution >= 4 is 11.4 Å². The van der Waals surface area contributed by atoms with Crippen LogP contribution in [0, 0.1) is 5.92 Å². The Kier molecular flexibility index (Phi) is 4.14. The lowest BCUT2D eigenvalue weighted by Gasteiger charge is -2.33. The quantitative estimate of drug-likeness (QED) is 0.672. The number of hydrogen-bond donors (Lipinski definition) is 1. The van der Waals surface area contributed by atoms with Gasteiger partial charge < -0.3 is 19.6 Å². The van der Waals surface area contributed by atoms with E-state index in [1.54, 1.807) is 14.2 Å². The largest absolute Gasteiger partial charge is 0.493 e. The lowest BCUT2D eigenvalue weighted by molar-refractivity contribution is 0.312. The molecule has 1 saturated heterocycles. The standard InChI is InChI=1S/C14H20N2O3/c1-10-9-16(7-6-12(10)15-17)11-4-5-13(18-2)14(8-11)19-3/h4-5,8,10,17H,6-7,9H2,1-3H3/b15-12-. The van der Waals surface area contributed by atoms with Gasteiger partial charge in [0.1, 0.15) is 0 Å². The highest BCUT2D eigenvalue weighted by Crippen LogP contribution is 2.32. The lowest BCUT2D eigenvalue weighted by atomic mass is 9.97. The molecule has 1 fully saturated rings. The third-order valence-electron chi connectivity index (χ3n) is 3.56. The van der Waals surface area contributed by atoms with Crippen LogP contribution in [0.2, 0.25) is 0 Å². The molecule has 1 aliphatic heterocycles. The molecule has 0 aliphatic carbocycles. The number of methoxy groups -OCH3 is 2. The van der Waals surface area contributed by atoms with Gasteiger partial charge in [-0.1, -0.05) is 12.1 Å². The van der Waals surface area contributed by atoms with E-state index in [2.05, 4.69) is 17.0 Å². The number of hydrogen-bond acceptors (Lipinski definition) is 5. The molecular weight excluding hydrogens is 244 g/mol. The van der Waals surface area contributed by atoms with Gasteiger partial charge in [-0.25, -0.2) is 0 Å². The molecular formula is C14H20N2O3. The zero-order chi connectivity index (χ0) is 13.8. The van der Waals surface area contributed by atoms with Crippen LogP contribution in [-0.2, 0) is 0 Å². The van der Waals surface area contributed by atoms with E-state index in [9.17, 15) is 0 Å². The zero-order valence-corrected chi connectivity index (χ0v) is 11.6. The number of oxime groups is 1. The molecule has 19 heavy (non-hydrogen) atoms. The van der Waals surface area contributed by atoms with Gasteiger partial charge in [-0.2, -0.15) is 0 Å². The monoisotopic (exact) mass is 264 g/mol. The minimum atomic E-state index is 0.256. The highest BCUT2D eigenvalue weighted by atomic mass is 16.5. The van der Waals surface area contributed by atoms with Gasteiger partial charge in [0.05, 0.1) is 19.9 Å². The third kappa shape index (κ3) is 2.75. The summed E-state index contributed by atoms with van der Waals surface area (Å²) in [6, 6.07) is 5.91. The van der Waals surface area contributed by atoms with Crippen LogP contribution in [0.15, 0.2) is 23.4 Å². The number of rotatable bonds is 3. The maximum absolute atomic E-state index is 8.90. The summed E-state index contributed by atoms with van der Waals surface area (Å²) >= 11 is 0. The molecule has 0 spiro atoms. The Labute approximate surface area is 113 Å².